The number of benzene rings is 1. The lowest BCUT2D eigenvalue weighted by molar-refractivity contribution is -0.122. The number of ether oxygens (including phenoxy) is 1. The topological polar surface area (TPSA) is 38.3 Å². The Morgan fingerprint density at radius 3 is 2.67 bits per heavy atom. The zero-order valence-electron chi connectivity index (χ0n) is 12.8. The number of carbonyl (C=O) groups is 1. The fourth-order valence-electron chi connectivity index (χ4n) is 2.97. The third kappa shape index (κ3) is 4.22. The predicted molar refractivity (Wildman–Crippen MR) is 89.0 cm³/mol. The number of rotatable bonds is 5. The molecule has 1 aliphatic rings. The van der Waals surface area contributed by atoms with Crippen LogP contribution in [0.15, 0.2) is 24.3 Å². The molecule has 1 N–H and O–H groups in total. The van der Waals surface area contributed by atoms with Crippen LogP contribution in [0.5, 0.6) is 5.75 Å². The molecule has 1 aromatic rings. The molecule has 1 saturated carbocycles. The summed E-state index contributed by atoms with van der Waals surface area (Å²) >= 11 is 3.59. The van der Waals surface area contributed by atoms with Gasteiger partial charge in [-0.2, -0.15) is 0 Å². The minimum Gasteiger partial charge on any atom is -0.496 e. The Morgan fingerprint density at radius 1 is 1.38 bits per heavy atom. The summed E-state index contributed by atoms with van der Waals surface area (Å²) in [6, 6.07) is 7.70. The first-order valence-corrected chi connectivity index (χ1v) is 8.69. The summed E-state index contributed by atoms with van der Waals surface area (Å²) in [7, 11) is 1.64. The first kappa shape index (κ1) is 16.3. The first-order valence-electron chi connectivity index (χ1n) is 7.57. The molecule has 21 heavy (non-hydrogen) atoms. The lowest BCUT2D eigenvalue weighted by Crippen LogP contribution is -2.52. The average Bonchev–Trinajstić information content (AvgIpc) is 2.50. The zero-order chi connectivity index (χ0) is 15.3. The highest BCUT2D eigenvalue weighted by Crippen LogP contribution is 2.33. The maximum Gasteiger partial charge on any atom is 0.225 e. The zero-order valence-corrected chi connectivity index (χ0v) is 14.4. The standard InChI is InChI=1S/C17H24BrNO2/c1-13-7-9-17(12-18,10-8-13)19-16(20)11-14-5-3-4-6-15(14)21-2/h3-6,13H,7-12H2,1-2H3,(H,19,20). The van der Waals surface area contributed by atoms with Crippen molar-refractivity contribution >= 4 is 21.8 Å². The van der Waals surface area contributed by atoms with Gasteiger partial charge >= 0.3 is 0 Å². The fraction of sp³-hybridized carbons (Fsp3) is 0.588. The summed E-state index contributed by atoms with van der Waals surface area (Å²) in [5.41, 5.74) is 0.859. The van der Waals surface area contributed by atoms with E-state index in [2.05, 4.69) is 28.2 Å². The van der Waals surface area contributed by atoms with Crippen LogP contribution in [0.2, 0.25) is 0 Å². The van der Waals surface area contributed by atoms with Crippen molar-refractivity contribution in [3.8, 4) is 5.75 Å². The minimum atomic E-state index is -0.0778. The van der Waals surface area contributed by atoms with Crippen molar-refractivity contribution in [2.45, 2.75) is 44.6 Å². The Labute approximate surface area is 135 Å². The Kier molecular flexibility index (Phi) is 5.68. The summed E-state index contributed by atoms with van der Waals surface area (Å²) in [4.78, 5) is 12.4. The van der Waals surface area contributed by atoms with Crippen LogP contribution in [0.25, 0.3) is 0 Å². The maximum atomic E-state index is 12.4. The quantitative estimate of drug-likeness (QED) is 0.819. The van der Waals surface area contributed by atoms with Crippen LogP contribution < -0.4 is 10.1 Å². The van der Waals surface area contributed by atoms with E-state index in [1.807, 2.05) is 24.3 Å². The van der Waals surface area contributed by atoms with Crippen molar-refractivity contribution in [1.82, 2.24) is 5.32 Å². The van der Waals surface area contributed by atoms with Crippen molar-refractivity contribution in [3.05, 3.63) is 29.8 Å². The Bertz CT molecular complexity index is 481. The molecule has 116 valence electrons. The molecule has 0 atom stereocenters. The summed E-state index contributed by atoms with van der Waals surface area (Å²) in [5.74, 6) is 1.62. The Hall–Kier alpha value is -1.03. The molecular formula is C17H24BrNO2. The largest absolute Gasteiger partial charge is 0.496 e. The lowest BCUT2D eigenvalue weighted by atomic mass is 9.78. The molecule has 3 nitrogen and oxygen atoms in total. The number of hydrogen-bond acceptors (Lipinski definition) is 2. The van der Waals surface area contributed by atoms with Crippen molar-refractivity contribution in [1.29, 1.82) is 0 Å². The van der Waals surface area contributed by atoms with Gasteiger partial charge in [-0.05, 0) is 37.7 Å². The molecule has 0 saturated heterocycles. The number of hydrogen-bond donors (Lipinski definition) is 1. The van der Waals surface area contributed by atoms with E-state index < -0.39 is 0 Å². The maximum absolute atomic E-state index is 12.4. The van der Waals surface area contributed by atoms with E-state index in [0.29, 0.717) is 6.42 Å². The first-order chi connectivity index (χ1) is 10.1. The van der Waals surface area contributed by atoms with E-state index in [1.165, 1.54) is 12.8 Å². The van der Waals surface area contributed by atoms with E-state index >= 15 is 0 Å². The molecule has 1 amide bonds. The van der Waals surface area contributed by atoms with Crippen LogP contribution in [0.1, 0.15) is 38.2 Å². The van der Waals surface area contributed by atoms with Gasteiger partial charge in [0.1, 0.15) is 5.75 Å². The molecule has 4 heteroatoms. The molecule has 0 radical (unpaired) electrons. The SMILES string of the molecule is COc1ccccc1CC(=O)NC1(CBr)CCC(C)CC1. The molecule has 0 aromatic heterocycles. The van der Waals surface area contributed by atoms with Gasteiger partial charge < -0.3 is 10.1 Å². The van der Waals surface area contributed by atoms with E-state index in [9.17, 15) is 4.79 Å². The minimum absolute atomic E-state index is 0.0773. The summed E-state index contributed by atoms with van der Waals surface area (Å²) < 4.78 is 5.31. The van der Waals surface area contributed by atoms with E-state index in [0.717, 1.165) is 35.4 Å². The molecular weight excluding hydrogens is 330 g/mol. The normalized spacial score (nSPS) is 25.4. The average molecular weight is 354 g/mol. The molecule has 2 rings (SSSR count). The summed E-state index contributed by atoms with van der Waals surface area (Å²) in [6.45, 7) is 2.29. The third-order valence-electron chi connectivity index (χ3n) is 4.44. The van der Waals surface area contributed by atoms with E-state index in [-0.39, 0.29) is 11.4 Å². The number of amides is 1. The molecule has 1 aliphatic carbocycles. The van der Waals surface area contributed by atoms with Gasteiger partial charge in [-0.3, -0.25) is 4.79 Å². The number of nitrogens with one attached hydrogen (secondary N) is 1. The molecule has 0 heterocycles. The smallest absolute Gasteiger partial charge is 0.225 e. The van der Waals surface area contributed by atoms with Gasteiger partial charge in [-0.25, -0.2) is 0 Å². The van der Waals surface area contributed by atoms with Gasteiger partial charge in [0.15, 0.2) is 0 Å². The monoisotopic (exact) mass is 353 g/mol. The predicted octanol–water partition coefficient (Wildman–Crippen LogP) is 3.70. The molecule has 0 aliphatic heterocycles. The molecule has 0 spiro atoms. The van der Waals surface area contributed by atoms with Crippen LogP contribution in [-0.2, 0) is 11.2 Å². The van der Waals surface area contributed by atoms with Gasteiger partial charge in [0.05, 0.1) is 13.5 Å². The Balaban J connectivity index is 2.00. The molecule has 0 unspecified atom stereocenters. The van der Waals surface area contributed by atoms with Crippen LogP contribution in [-0.4, -0.2) is 23.9 Å². The second-order valence-electron chi connectivity index (χ2n) is 6.13. The number of halogens is 1. The third-order valence-corrected chi connectivity index (χ3v) is 5.51. The van der Waals surface area contributed by atoms with Gasteiger partial charge in [0.25, 0.3) is 0 Å². The number of methoxy groups -OCH3 is 1. The molecule has 1 fully saturated rings. The van der Waals surface area contributed by atoms with Crippen molar-refractivity contribution < 1.29 is 9.53 Å². The van der Waals surface area contributed by atoms with Crippen LogP contribution in [0.3, 0.4) is 0 Å². The summed E-state index contributed by atoms with van der Waals surface area (Å²) in [5, 5.41) is 4.08. The van der Waals surface area contributed by atoms with E-state index in [4.69, 9.17) is 4.74 Å². The highest BCUT2D eigenvalue weighted by atomic mass is 79.9. The van der Waals surface area contributed by atoms with Crippen LogP contribution >= 0.6 is 15.9 Å². The summed E-state index contributed by atoms with van der Waals surface area (Å²) in [6.07, 6.45) is 4.84. The second kappa shape index (κ2) is 7.30. The fourth-order valence-corrected chi connectivity index (χ4v) is 3.67. The van der Waals surface area contributed by atoms with Gasteiger partial charge in [0, 0.05) is 16.4 Å². The lowest BCUT2D eigenvalue weighted by Gasteiger charge is -2.39. The van der Waals surface area contributed by atoms with Crippen molar-refractivity contribution in [3.63, 3.8) is 0 Å². The van der Waals surface area contributed by atoms with Crippen LogP contribution in [0.4, 0.5) is 0 Å². The van der Waals surface area contributed by atoms with Crippen molar-refractivity contribution in [2.75, 3.05) is 12.4 Å². The number of alkyl halides is 1. The molecule has 1 aromatic carbocycles. The highest BCUT2D eigenvalue weighted by molar-refractivity contribution is 9.09. The van der Waals surface area contributed by atoms with E-state index in [1.54, 1.807) is 7.11 Å². The number of carbonyl (C=O) groups excluding carboxylic acids is 1. The number of para-hydroxylation sites is 1. The Morgan fingerprint density at radius 2 is 2.05 bits per heavy atom. The second-order valence-corrected chi connectivity index (χ2v) is 6.69. The van der Waals surface area contributed by atoms with Crippen molar-refractivity contribution in [2.24, 2.45) is 5.92 Å². The van der Waals surface area contributed by atoms with Gasteiger partial charge in [0.2, 0.25) is 5.91 Å². The molecule has 0 bridgehead atoms. The van der Waals surface area contributed by atoms with Gasteiger partial charge in [-0.1, -0.05) is 41.1 Å². The van der Waals surface area contributed by atoms with Gasteiger partial charge in [-0.15, -0.1) is 0 Å². The highest BCUT2D eigenvalue weighted by Gasteiger charge is 2.34. The van der Waals surface area contributed by atoms with Crippen LogP contribution in [0, 0.1) is 5.92 Å².